The molecule has 0 bridgehead atoms. The van der Waals surface area contributed by atoms with Crippen LogP contribution in [0.3, 0.4) is 0 Å². The Labute approximate surface area is 105 Å². The zero-order valence-corrected chi connectivity index (χ0v) is 11.2. The van der Waals surface area contributed by atoms with Gasteiger partial charge in [-0.25, -0.2) is 0 Å². The molecule has 1 amide bonds. The second-order valence-corrected chi connectivity index (χ2v) is 6.23. The molecule has 1 aliphatic carbocycles. The summed E-state index contributed by atoms with van der Waals surface area (Å²) in [6.07, 6.45) is 7.55. The van der Waals surface area contributed by atoms with Gasteiger partial charge in [0.15, 0.2) is 0 Å². The molecule has 3 nitrogen and oxygen atoms in total. The predicted octanol–water partition coefficient (Wildman–Crippen LogP) is 2.07. The van der Waals surface area contributed by atoms with Gasteiger partial charge in [-0.3, -0.25) is 4.79 Å². The summed E-state index contributed by atoms with van der Waals surface area (Å²) in [5, 5.41) is 6.52. The van der Waals surface area contributed by atoms with Crippen molar-refractivity contribution in [1.82, 2.24) is 10.6 Å². The van der Waals surface area contributed by atoms with Crippen LogP contribution >= 0.6 is 0 Å². The maximum atomic E-state index is 12.1. The Morgan fingerprint density at radius 2 is 2.06 bits per heavy atom. The second-order valence-electron chi connectivity index (χ2n) is 6.23. The van der Waals surface area contributed by atoms with Crippen molar-refractivity contribution in [2.75, 3.05) is 13.1 Å². The Balaban J connectivity index is 1.79. The summed E-state index contributed by atoms with van der Waals surface area (Å²) in [5.74, 6) is 0.441. The molecule has 2 aliphatic rings. The molecule has 1 aliphatic heterocycles. The Morgan fingerprint density at radius 3 is 2.65 bits per heavy atom. The van der Waals surface area contributed by atoms with E-state index in [2.05, 4.69) is 24.5 Å². The molecule has 0 aromatic rings. The van der Waals surface area contributed by atoms with Crippen LogP contribution in [0.4, 0.5) is 0 Å². The van der Waals surface area contributed by atoms with Crippen LogP contribution in [-0.2, 0) is 4.79 Å². The van der Waals surface area contributed by atoms with E-state index >= 15 is 0 Å². The molecule has 0 radical (unpaired) electrons. The highest BCUT2D eigenvalue weighted by Crippen LogP contribution is 2.35. The maximum Gasteiger partial charge on any atom is 0.224 e. The van der Waals surface area contributed by atoms with Crippen LogP contribution in [0.5, 0.6) is 0 Å². The number of nitrogens with one attached hydrogen (secondary N) is 2. The second kappa shape index (κ2) is 5.38. The fourth-order valence-corrected chi connectivity index (χ4v) is 3.23. The van der Waals surface area contributed by atoms with Crippen molar-refractivity contribution in [3.8, 4) is 0 Å². The van der Waals surface area contributed by atoms with Gasteiger partial charge < -0.3 is 10.6 Å². The number of hydrogen-bond donors (Lipinski definition) is 2. The van der Waals surface area contributed by atoms with Crippen molar-refractivity contribution in [1.29, 1.82) is 0 Å². The van der Waals surface area contributed by atoms with Gasteiger partial charge in [-0.05, 0) is 38.1 Å². The fraction of sp³-hybridized carbons (Fsp3) is 0.929. The van der Waals surface area contributed by atoms with Crippen molar-refractivity contribution < 1.29 is 4.79 Å². The maximum absolute atomic E-state index is 12.1. The summed E-state index contributed by atoms with van der Waals surface area (Å²) < 4.78 is 0. The van der Waals surface area contributed by atoms with Gasteiger partial charge in [0.25, 0.3) is 0 Å². The summed E-state index contributed by atoms with van der Waals surface area (Å²) >= 11 is 0. The summed E-state index contributed by atoms with van der Waals surface area (Å²) in [7, 11) is 0. The van der Waals surface area contributed by atoms with Crippen molar-refractivity contribution in [2.24, 2.45) is 11.3 Å². The Morgan fingerprint density at radius 1 is 1.35 bits per heavy atom. The summed E-state index contributed by atoms with van der Waals surface area (Å²) in [5.41, 5.74) is 0.350. The molecule has 98 valence electrons. The van der Waals surface area contributed by atoms with Gasteiger partial charge in [-0.2, -0.15) is 0 Å². The number of carbonyl (C=O) groups is 1. The Hall–Kier alpha value is -0.570. The molecule has 1 saturated carbocycles. The first kappa shape index (κ1) is 12.9. The molecular formula is C14H26N2O. The van der Waals surface area contributed by atoms with E-state index in [9.17, 15) is 4.79 Å². The van der Waals surface area contributed by atoms with Gasteiger partial charge in [-0.15, -0.1) is 0 Å². The van der Waals surface area contributed by atoms with Gasteiger partial charge >= 0.3 is 0 Å². The van der Waals surface area contributed by atoms with Crippen LogP contribution in [0.1, 0.15) is 52.4 Å². The molecule has 2 N–H and O–H groups in total. The zero-order valence-electron chi connectivity index (χ0n) is 11.2. The molecule has 2 rings (SSSR count). The molecule has 1 saturated heterocycles. The molecule has 2 atom stereocenters. The summed E-state index contributed by atoms with van der Waals surface area (Å²) in [6, 6.07) is 0.342. The van der Waals surface area contributed by atoms with Gasteiger partial charge in [0.1, 0.15) is 0 Å². The molecule has 17 heavy (non-hydrogen) atoms. The average Bonchev–Trinajstić information content (AvgIpc) is 2.74. The van der Waals surface area contributed by atoms with Crippen molar-refractivity contribution >= 4 is 5.91 Å². The van der Waals surface area contributed by atoms with Crippen LogP contribution in [0, 0.1) is 11.3 Å². The summed E-state index contributed by atoms with van der Waals surface area (Å²) in [6.45, 7) is 6.29. The van der Waals surface area contributed by atoms with Gasteiger partial charge in [-0.1, -0.05) is 26.2 Å². The molecule has 3 heteroatoms. The lowest BCUT2D eigenvalue weighted by molar-refractivity contribution is -0.125. The number of hydrogen-bond acceptors (Lipinski definition) is 2. The first-order valence-electron chi connectivity index (χ1n) is 7.12. The topological polar surface area (TPSA) is 41.1 Å². The van der Waals surface area contributed by atoms with Crippen LogP contribution in [0.15, 0.2) is 0 Å². The van der Waals surface area contributed by atoms with Gasteiger partial charge in [0, 0.05) is 12.6 Å². The van der Waals surface area contributed by atoms with Crippen LogP contribution in [-0.4, -0.2) is 25.0 Å². The van der Waals surface area contributed by atoms with E-state index in [1.165, 1.54) is 32.1 Å². The zero-order chi connectivity index (χ0) is 12.3. The van der Waals surface area contributed by atoms with Gasteiger partial charge in [0.05, 0.1) is 5.92 Å². The van der Waals surface area contributed by atoms with E-state index in [0.717, 1.165) is 19.5 Å². The minimum Gasteiger partial charge on any atom is -0.355 e. The quantitative estimate of drug-likeness (QED) is 0.790. The number of rotatable bonds is 3. The largest absolute Gasteiger partial charge is 0.355 e. The normalized spacial score (nSPS) is 32.4. The van der Waals surface area contributed by atoms with Crippen LogP contribution in [0.2, 0.25) is 0 Å². The predicted molar refractivity (Wildman–Crippen MR) is 69.8 cm³/mol. The first-order valence-corrected chi connectivity index (χ1v) is 7.12. The fourth-order valence-electron chi connectivity index (χ4n) is 3.23. The highest BCUT2D eigenvalue weighted by atomic mass is 16.1. The van der Waals surface area contributed by atoms with Crippen molar-refractivity contribution in [3.05, 3.63) is 0 Å². The first-order chi connectivity index (χ1) is 8.11. The highest BCUT2D eigenvalue weighted by molar-refractivity contribution is 5.79. The molecular weight excluding hydrogens is 212 g/mol. The number of carbonyl (C=O) groups excluding carboxylic acids is 1. The third-order valence-electron chi connectivity index (χ3n) is 4.61. The smallest absolute Gasteiger partial charge is 0.224 e. The Kier molecular flexibility index (Phi) is 4.08. The molecule has 2 fully saturated rings. The van der Waals surface area contributed by atoms with Crippen molar-refractivity contribution in [2.45, 2.75) is 58.4 Å². The van der Waals surface area contributed by atoms with Crippen LogP contribution < -0.4 is 10.6 Å². The standard InChI is InChI=1S/C14H26N2O/c1-11-12(6-9-15-11)13(17)16-10-14(2)7-4-3-5-8-14/h11-12,15H,3-10H2,1-2H3,(H,16,17). The van der Waals surface area contributed by atoms with Crippen molar-refractivity contribution in [3.63, 3.8) is 0 Å². The summed E-state index contributed by atoms with van der Waals surface area (Å²) in [4.78, 5) is 12.1. The van der Waals surface area contributed by atoms with Crippen LogP contribution in [0.25, 0.3) is 0 Å². The lowest BCUT2D eigenvalue weighted by atomic mass is 9.75. The molecule has 1 heterocycles. The molecule has 0 spiro atoms. The van der Waals surface area contributed by atoms with Gasteiger partial charge in [0.2, 0.25) is 5.91 Å². The minimum atomic E-state index is 0.183. The molecule has 0 aromatic heterocycles. The van der Waals surface area contributed by atoms with E-state index < -0.39 is 0 Å². The molecule has 0 aromatic carbocycles. The van der Waals surface area contributed by atoms with E-state index in [4.69, 9.17) is 0 Å². The lowest BCUT2D eigenvalue weighted by Gasteiger charge is -2.34. The third kappa shape index (κ3) is 3.21. The van der Waals surface area contributed by atoms with E-state index in [1.807, 2.05) is 0 Å². The van der Waals surface area contributed by atoms with E-state index in [-0.39, 0.29) is 11.8 Å². The van der Waals surface area contributed by atoms with E-state index in [0.29, 0.717) is 11.5 Å². The molecule has 2 unspecified atom stereocenters. The lowest BCUT2D eigenvalue weighted by Crippen LogP contribution is -2.42. The third-order valence-corrected chi connectivity index (χ3v) is 4.61. The minimum absolute atomic E-state index is 0.183. The average molecular weight is 238 g/mol. The van der Waals surface area contributed by atoms with E-state index in [1.54, 1.807) is 0 Å². The highest BCUT2D eigenvalue weighted by Gasteiger charge is 2.32. The Bertz CT molecular complexity index is 271. The monoisotopic (exact) mass is 238 g/mol. The number of amides is 1. The SMILES string of the molecule is CC1NCCC1C(=O)NCC1(C)CCCCC1.